The first-order valence-corrected chi connectivity index (χ1v) is 9.06. The smallest absolute Gasteiger partial charge is 0.150 e. The molecule has 0 bridgehead atoms. The van der Waals surface area contributed by atoms with Crippen molar-refractivity contribution in [2.45, 2.75) is 5.33 Å². The van der Waals surface area contributed by atoms with E-state index in [0.717, 1.165) is 22.1 Å². The van der Waals surface area contributed by atoms with Crippen molar-refractivity contribution in [2.75, 3.05) is 18.6 Å². The molecule has 5 heteroatoms. The van der Waals surface area contributed by atoms with Gasteiger partial charge in [-0.3, -0.25) is 0 Å². The van der Waals surface area contributed by atoms with Gasteiger partial charge in [-0.05, 0) is 16.8 Å². The molecule has 19 heavy (non-hydrogen) atoms. The minimum Gasteiger partial charge on any atom is -0.492 e. The quantitative estimate of drug-likeness (QED) is 0.784. The molecule has 0 aromatic heterocycles. The molecule has 0 aliphatic carbocycles. The van der Waals surface area contributed by atoms with Crippen LogP contribution in [0.25, 0.3) is 10.8 Å². The number of halogens is 1. The number of alkyl halides is 1. The van der Waals surface area contributed by atoms with Gasteiger partial charge in [0.1, 0.15) is 12.4 Å². The molecular weight excluding hydrogens is 328 g/mol. The number of hydrogen-bond acceptors (Lipinski definition) is 3. The number of benzene rings is 2. The van der Waals surface area contributed by atoms with Crippen LogP contribution in [-0.4, -0.2) is 27.0 Å². The van der Waals surface area contributed by atoms with Crippen molar-refractivity contribution >= 4 is 36.5 Å². The van der Waals surface area contributed by atoms with Crippen molar-refractivity contribution < 1.29 is 13.2 Å². The largest absolute Gasteiger partial charge is 0.492 e. The maximum absolute atomic E-state index is 11.1. The van der Waals surface area contributed by atoms with Gasteiger partial charge in [-0.2, -0.15) is 0 Å². The SMILES string of the molecule is CS(=O)(=O)CCOc1ccc2ccccc2c1CBr. The van der Waals surface area contributed by atoms with Gasteiger partial charge in [0.2, 0.25) is 0 Å². The van der Waals surface area contributed by atoms with Gasteiger partial charge < -0.3 is 4.74 Å². The van der Waals surface area contributed by atoms with Crippen LogP contribution < -0.4 is 4.74 Å². The highest BCUT2D eigenvalue weighted by Crippen LogP contribution is 2.29. The zero-order valence-electron chi connectivity index (χ0n) is 10.6. The fraction of sp³-hybridized carbons (Fsp3) is 0.286. The Kier molecular flexibility index (Phi) is 4.47. The average Bonchev–Trinajstić information content (AvgIpc) is 2.37. The van der Waals surface area contributed by atoms with Gasteiger partial charge in [0, 0.05) is 17.1 Å². The second-order valence-electron chi connectivity index (χ2n) is 4.38. The maximum Gasteiger partial charge on any atom is 0.150 e. The van der Waals surface area contributed by atoms with Crippen LogP contribution in [0.1, 0.15) is 5.56 Å². The summed E-state index contributed by atoms with van der Waals surface area (Å²) in [6.45, 7) is 0.178. The van der Waals surface area contributed by atoms with Crippen molar-refractivity contribution in [3.05, 3.63) is 42.0 Å². The topological polar surface area (TPSA) is 43.4 Å². The molecule has 0 spiro atoms. The predicted octanol–water partition coefficient (Wildman–Crippen LogP) is 3.16. The van der Waals surface area contributed by atoms with Crippen LogP contribution in [0.5, 0.6) is 5.75 Å². The Bertz CT molecular complexity index is 680. The van der Waals surface area contributed by atoms with Crippen LogP contribution in [-0.2, 0) is 15.2 Å². The van der Waals surface area contributed by atoms with Gasteiger partial charge in [-0.1, -0.05) is 46.3 Å². The van der Waals surface area contributed by atoms with Crippen LogP contribution in [0.3, 0.4) is 0 Å². The summed E-state index contributed by atoms with van der Waals surface area (Å²) in [7, 11) is -2.99. The van der Waals surface area contributed by atoms with E-state index in [1.165, 1.54) is 6.26 Å². The lowest BCUT2D eigenvalue weighted by molar-refractivity contribution is 0.339. The molecule has 3 nitrogen and oxygen atoms in total. The summed E-state index contributed by atoms with van der Waals surface area (Å²) < 4.78 is 27.8. The van der Waals surface area contributed by atoms with Gasteiger partial charge in [0.05, 0.1) is 5.75 Å². The fourth-order valence-corrected chi connectivity index (χ4v) is 2.86. The van der Waals surface area contributed by atoms with Gasteiger partial charge in [0.15, 0.2) is 9.84 Å². The standard InChI is InChI=1S/C14H15BrO3S/c1-19(16,17)9-8-18-14-7-6-11-4-2-3-5-12(11)13(14)10-15/h2-7H,8-10H2,1H3. The normalized spacial score (nSPS) is 11.7. The molecule has 2 aromatic rings. The Hall–Kier alpha value is -1.07. The number of sulfone groups is 1. The Morgan fingerprint density at radius 3 is 2.58 bits per heavy atom. The van der Waals surface area contributed by atoms with Gasteiger partial charge in [-0.25, -0.2) is 8.42 Å². The van der Waals surface area contributed by atoms with E-state index in [2.05, 4.69) is 15.9 Å². The minimum absolute atomic E-state index is 0.0293. The predicted molar refractivity (Wildman–Crippen MR) is 81.8 cm³/mol. The summed E-state index contributed by atoms with van der Waals surface area (Å²) in [6.07, 6.45) is 1.21. The molecule has 102 valence electrons. The summed E-state index contributed by atoms with van der Waals surface area (Å²) in [4.78, 5) is 0. The second kappa shape index (κ2) is 5.92. The molecule has 0 unspecified atom stereocenters. The average molecular weight is 343 g/mol. The third-order valence-electron chi connectivity index (χ3n) is 2.84. The fourth-order valence-electron chi connectivity index (χ4n) is 1.89. The lowest BCUT2D eigenvalue weighted by atomic mass is 10.0. The molecule has 0 aliphatic heterocycles. The molecule has 2 rings (SSSR count). The summed E-state index contributed by atoms with van der Waals surface area (Å²) in [5.41, 5.74) is 1.05. The van der Waals surface area contributed by atoms with E-state index in [0.29, 0.717) is 5.33 Å². The summed E-state index contributed by atoms with van der Waals surface area (Å²) >= 11 is 3.46. The number of fused-ring (bicyclic) bond motifs is 1. The van der Waals surface area contributed by atoms with Crippen molar-refractivity contribution in [1.29, 1.82) is 0 Å². The van der Waals surface area contributed by atoms with Gasteiger partial charge in [0.25, 0.3) is 0 Å². The van der Waals surface area contributed by atoms with Crippen LogP contribution >= 0.6 is 15.9 Å². The summed E-state index contributed by atoms with van der Waals surface area (Å²) in [5.74, 6) is 0.765. The highest BCUT2D eigenvalue weighted by molar-refractivity contribution is 9.08. The monoisotopic (exact) mass is 342 g/mol. The third kappa shape index (κ3) is 3.70. The van der Waals surface area contributed by atoms with E-state index in [-0.39, 0.29) is 12.4 Å². The van der Waals surface area contributed by atoms with Crippen molar-refractivity contribution in [1.82, 2.24) is 0 Å². The van der Waals surface area contributed by atoms with Crippen molar-refractivity contribution in [3.8, 4) is 5.75 Å². The van der Waals surface area contributed by atoms with Crippen LogP contribution in [0, 0.1) is 0 Å². The lowest BCUT2D eigenvalue weighted by Gasteiger charge is -2.12. The van der Waals surface area contributed by atoms with Crippen molar-refractivity contribution in [3.63, 3.8) is 0 Å². The minimum atomic E-state index is -2.99. The number of ether oxygens (including phenoxy) is 1. The Morgan fingerprint density at radius 2 is 1.89 bits per heavy atom. The van der Waals surface area contributed by atoms with Gasteiger partial charge in [-0.15, -0.1) is 0 Å². The molecular formula is C14H15BrO3S. The van der Waals surface area contributed by atoms with E-state index in [9.17, 15) is 8.42 Å². The maximum atomic E-state index is 11.1. The second-order valence-corrected chi connectivity index (χ2v) is 7.20. The van der Waals surface area contributed by atoms with Crippen LogP contribution in [0.15, 0.2) is 36.4 Å². The molecule has 0 saturated heterocycles. The highest BCUT2D eigenvalue weighted by Gasteiger charge is 2.09. The Morgan fingerprint density at radius 1 is 1.16 bits per heavy atom. The van der Waals surface area contributed by atoms with Crippen LogP contribution in [0.2, 0.25) is 0 Å². The third-order valence-corrected chi connectivity index (χ3v) is 4.31. The molecule has 2 aromatic carbocycles. The Labute approximate surface area is 121 Å². The van der Waals surface area contributed by atoms with E-state index < -0.39 is 9.84 Å². The molecule has 0 atom stereocenters. The first kappa shape index (κ1) is 14.3. The van der Waals surface area contributed by atoms with Crippen molar-refractivity contribution in [2.24, 2.45) is 0 Å². The molecule has 0 saturated carbocycles. The van der Waals surface area contributed by atoms with E-state index in [4.69, 9.17) is 4.74 Å². The summed E-state index contributed by atoms with van der Waals surface area (Å²) in [6, 6.07) is 11.9. The number of hydrogen-bond donors (Lipinski definition) is 0. The van der Waals surface area contributed by atoms with E-state index in [1.807, 2.05) is 36.4 Å². The molecule has 0 heterocycles. The van der Waals surface area contributed by atoms with Gasteiger partial charge >= 0.3 is 0 Å². The Balaban J connectivity index is 2.28. The lowest BCUT2D eigenvalue weighted by Crippen LogP contribution is -2.12. The molecule has 0 aliphatic rings. The van der Waals surface area contributed by atoms with E-state index in [1.54, 1.807) is 0 Å². The molecule has 0 amide bonds. The molecule has 0 N–H and O–H groups in total. The highest BCUT2D eigenvalue weighted by atomic mass is 79.9. The summed E-state index contributed by atoms with van der Waals surface area (Å²) in [5, 5.41) is 2.94. The zero-order valence-corrected chi connectivity index (χ0v) is 13.0. The first-order chi connectivity index (χ1) is 9.01. The van der Waals surface area contributed by atoms with E-state index >= 15 is 0 Å². The first-order valence-electron chi connectivity index (χ1n) is 5.88. The number of rotatable bonds is 5. The zero-order chi connectivity index (χ0) is 13.9. The molecule has 0 radical (unpaired) electrons. The van der Waals surface area contributed by atoms with Crippen LogP contribution in [0.4, 0.5) is 0 Å². The molecule has 0 fully saturated rings.